The third-order valence-corrected chi connectivity index (χ3v) is 6.98. The van der Waals surface area contributed by atoms with Gasteiger partial charge in [0.1, 0.15) is 0 Å². The van der Waals surface area contributed by atoms with E-state index in [1.165, 1.54) is 23.5 Å². The lowest BCUT2D eigenvalue weighted by Gasteiger charge is -2.13. The van der Waals surface area contributed by atoms with Crippen molar-refractivity contribution in [2.45, 2.75) is 38.9 Å². The highest BCUT2D eigenvalue weighted by molar-refractivity contribution is 8.28. The molecule has 1 rings (SSSR count). The predicted molar refractivity (Wildman–Crippen MR) is 81.3 cm³/mol. The average Bonchev–Trinajstić information content (AvgIpc) is 2.82. The van der Waals surface area contributed by atoms with E-state index in [1.54, 1.807) is 24.7 Å². The van der Waals surface area contributed by atoms with Gasteiger partial charge in [0, 0.05) is 0 Å². The zero-order valence-electron chi connectivity index (χ0n) is 11.2. The molecule has 0 unspecified atom stereocenters. The second-order valence-corrected chi connectivity index (χ2v) is 8.74. The maximum absolute atomic E-state index is 12.3. The van der Waals surface area contributed by atoms with Crippen molar-refractivity contribution >= 4 is 39.3 Å². The van der Waals surface area contributed by atoms with E-state index in [1.807, 2.05) is 6.92 Å². The fraction of sp³-hybridized carbons (Fsp3) is 0.583. The summed E-state index contributed by atoms with van der Waals surface area (Å²) >= 11 is 2.49. The Bertz CT molecular complexity index is 479. The number of sulfone groups is 1. The lowest BCUT2D eigenvalue weighted by Crippen LogP contribution is -2.24. The van der Waals surface area contributed by atoms with Gasteiger partial charge in [0.15, 0.2) is 14.7 Å². The number of hydrogen-bond donors (Lipinski definition) is 0. The highest BCUT2D eigenvalue weighted by Crippen LogP contribution is 2.42. The molecular weight excluding hydrogens is 304 g/mol. The van der Waals surface area contributed by atoms with Gasteiger partial charge in [-0.2, -0.15) is 0 Å². The summed E-state index contributed by atoms with van der Waals surface area (Å²) in [7, 11) is -3.64. The van der Waals surface area contributed by atoms with Gasteiger partial charge in [-0.25, -0.2) is 13.2 Å². The van der Waals surface area contributed by atoms with Crippen molar-refractivity contribution in [2.24, 2.45) is 0 Å². The molecular formula is C12H18O4S3. The minimum Gasteiger partial charge on any atom is -0.462 e. The van der Waals surface area contributed by atoms with Gasteiger partial charge in [0.25, 0.3) is 0 Å². The van der Waals surface area contributed by atoms with E-state index in [4.69, 9.17) is 4.74 Å². The molecule has 19 heavy (non-hydrogen) atoms. The van der Waals surface area contributed by atoms with Crippen molar-refractivity contribution < 1.29 is 17.9 Å². The average molecular weight is 322 g/mol. The normalized spacial score (nSPS) is 15.1. The zero-order chi connectivity index (χ0) is 14.5. The molecule has 0 radical (unpaired) electrons. The third-order valence-electron chi connectivity index (χ3n) is 2.41. The Balaban J connectivity index is 3.02. The number of esters is 1. The zero-order valence-corrected chi connectivity index (χ0v) is 13.7. The highest BCUT2D eigenvalue weighted by atomic mass is 32.2. The van der Waals surface area contributed by atoms with E-state index in [2.05, 4.69) is 0 Å². The molecule has 0 bridgehead atoms. The lowest BCUT2D eigenvalue weighted by molar-refractivity contribution is -0.138. The molecule has 0 aromatic rings. The molecule has 0 fully saturated rings. The number of unbranched alkanes of at least 4 members (excludes halogenated alkanes) is 1. The number of thioether (sulfide) groups is 2. The summed E-state index contributed by atoms with van der Waals surface area (Å²) in [4.78, 5) is 11.8. The molecule has 4 nitrogen and oxygen atoms in total. The summed E-state index contributed by atoms with van der Waals surface area (Å²) in [5, 5.41) is 2.88. The Morgan fingerprint density at radius 1 is 1.32 bits per heavy atom. The van der Waals surface area contributed by atoms with Crippen molar-refractivity contribution in [3.8, 4) is 0 Å². The van der Waals surface area contributed by atoms with Crippen LogP contribution in [0.15, 0.2) is 20.0 Å². The fourth-order valence-electron chi connectivity index (χ4n) is 1.24. The first kappa shape index (κ1) is 16.7. The first-order valence-electron chi connectivity index (χ1n) is 6.04. The molecule has 1 aliphatic rings. The van der Waals surface area contributed by atoms with Crippen molar-refractivity contribution in [1.29, 1.82) is 0 Å². The SMILES string of the molecule is CCCCOC(=O)C(=C1SC=CS1)S(=O)(=O)C(C)C. The van der Waals surface area contributed by atoms with Crippen LogP contribution < -0.4 is 0 Å². The van der Waals surface area contributed by atoms with Gasteiger partial charge in [0.2, 0.25) is 0 Å². The van der Waals surface area contributed by atoms with Crippen molar-refractivity contribution in [1.82, 2.24) is 0 Å². The van der Waals surface area contributed by atoms with Gasteiger partial charge in [0.05, 0.1) is 16.1 Å². The third kappa shape index (κ3) is 4.29. The van der Waals surface area contributed by atoms with E-state index in [0.29, 0.717) is 4.24 Å². The van der Waals surface area contributed by atoms with Crippen molar-refractivity contribution in [2.75, 3.05) is 6.61 Å². The molecule has 108 valence electrons. The molecule has 0 saturated heterocycles. The van der Waals surface area contributed by atoms with Crippen LogP contribution >= 0.6 is 23.5 Å². The van der Waals surface area contributed by atoms with Crippen LogP contribution in [0, 0.1) is 0 Å². The van der Waals surface area contributed by atoms with Gasteiger partial charge < -0.3 is 4.74 Å². The summed E-state index contributed by atoms with van der Waals surface area (Å²) in [6.07, 6.45) is 1.62. The summed E-state index contributed by atoms with van der Waals surface area (Å²) < 4.78 is 30.1. The van der Waals surface area contributed by atoms with Crippen LogP contribution in [-0.4, -0.2) is 26.2 Å². The molecule has 0 aromatic heterocycles. The second-order valence-electron chi connectivity index (χ2n) is 4.21. The maximum atomic E-state index is 12.3. The first-order chi connectivity index (χ1) is 8.91. The largest absolute Gasteiger partial charge is 0.462 e. The van der Waals surface area contributed by atoms with Crippen LogP contribution in [0.4, 0.5) is 0 Å². The predicted octanol–water partition coefficient (Wildman–Crippen LogP) is 3.27. The number of ether oxygens (including phenoxy) is 1. The monoisotopic (exact) mass is 322 g/mol. The second kappa shape index (κ2) is 7.40. The molecule has 0 atom stereocenters. The van der Waals surface area contributed by atoms with Crippen LogP contribution in [0.1, 0.15) is 33.6 Å². The number of hydrogen-bond acceptors (Lipinski definition) is 6. The van der Waals surface area contributed by atoms with E-state index in [-0.39, 0.29) is 11.5 Å². The Kier molecular flexibility index (Phi) is 6.49. The lowest BCUT2D eigenvalue weighted by atomic mass is 10.4. The van der Waals surface area contributed by atoms with E-state index in [9.17, 15) is 13.2 Å². The molecule has 7 heteroatoms. The number of carbonyl (C=O) groups is 1. The van der Waals surface area contributed by atoms with Crippen LogP contribution in [0.5, 0.6) is 0 Å². The van der Waals surface area contributed by atoms with Crippen molar-refractivity contribution in [3.05, 3.63) is 20.0 Å². The minimum absolute atomic E-state index is 0.196. The Hall–Kier alpha value is -0.400. The molecule has 0 amide bonds. The van der Waals surface area contributed by atoms with Crippen LogP contribution in [0.2, 0.25) is 0 Å². The molecule has 0 spiro atoms. The topological polar surface area (TPSA) is 60.4 Å². The summed E-state index contributed by atoms with van der Waals surface area (Å²) in [5.74, 6) is -0.735. The van der Waals surface area contributed by atoms with Crippen LogP contribution in [-0.2, 0) is 19.4 Å². The van der Waals surface area contributed by atoms with Crippen molar-refractivity contribution in [3.63, 3.8) is 0 Å². The van der Waals surface area contributed by atoms with Gasteiger partial charge in [-0.05, 0) is 31.1 Å². The van der Waals surface area contributed by atoms with E-state index >= 15 is 0 Å². The van der Waals surface area contributed by atoms with E-state index in [0.717, 1.165) is 12.8 Å². The smallest absolute Gasteiger partial charge is 0.351 e. The van der Waals surface area contributed by atoms with Gasteiger partial charge >= 0.3 is 5.97 Å². The standard InChI is InChI=1S/C12H18O4S3/c1-4-5-6-16-11(13)10(12-17-7-8-18-12)19(14,15)9(2)3/h7-9H,4-6H2,1-3H3. The first-order valence-corrected chi connectivity index (χ1v) is 9.35. The van der Waals surface area contributed by atoms with Gasteiger partial charge in [-0.1, -0.05) is 36.9 Å². The molecule has 1 aliphatic heterocycles. The Morgan fingerprint density at radius 2 is 1.89 bits per heavy atom. The molecule has 0 N–H and O–H groups in total. The molecule has 0 aliphatic carbocycles. The number of rotatable bonds is 6. The summed E-state index contributed by atoms with van der Waals surface area (Å²) in [5.41, 5.74) is 0. The van der Waals surface area contributed by atoms with E-state index < -0.39 is 21.1 Å². The molecule has 1 heterocycles. The van der Waals surface area contributed by atoms with Crippen LogP contribution in [0.25, 0.3) is 0 Å². The van der Waals surface area contributed by atoms with Crippen LogP contribution in [0.3, 0.4) is 0 Å². The Morgan fingerprint density at radius 3 is 2.37 bits per heavy atom. The Labute approximate surface area is 123 Å². The quantitative estimate of drug-likeness (QED) is 0.425. The van der Waals surface area contributed by atoms with Gasteiger partial charge in [-0.15, -0.1) is 0 Å². The highest BCUT2D eigenvalue weighted by Gasteiger charge is 2.33. The molecule has 0 aromatic carbocycles. The maximum Gasteiger partial charge on any atom is 0.351 e. The van der Waals surface area contributed by atoms with Gasteiger partial charge in [-0.3, -0.25) is 0 Å². The summed E-state index contributed by atoms with van der Waals surface area (Å²) in [6.45, 7) is 5.35. The minimum atomic E-state index is -3.64. The number of carbonyl (C=O) groups excluding carboxylic acids is 1. The fourth-order valence-corrected chi connectivity index (χ4v) is 4.85. The molecule has 0 saturated carbocycles. The summed E-state index contributed by atoms with van der Waals surface area (Å²) in [6, 6.07) is 0.